The smallest absolute Gasteiger partial charge is 0.424 e. The van der Waals surface area contributed by atoms with Gasteiger partial charge in [0.2, 0.25) is 5.51 Å². The first kappa shape index (κ1) is 44.5. The molecule has 0 aliphatic carbocycles. The van der Waals surface area contributed by atoms with Crippen molar-refractivity contribution in [2.45, 2.75) is 6.54 Å². The maximum absolute atomic E-state index is 15.4. The molecular formula is C36H12BF20NO2S. The van der Waals surface area contributed by atoms with E-state index in [1.54, 1.807) is 11.3 Å². The van der Waals surface area contributed by atoms with Gasteiger partial charge in [0.25, 0.3) is 5.06 Å². The molecule has 3 nitrogen and oxygen atoms in total. The predicted molar refractivity (Wildman–Crippen MR) is 170 cm³/mol. The molecule has 5 aromatic carbocycles. The van der Waals surface area contributed by atoms with Crippen LogP contribution in [-0.2, 0) is 6.54 Å². The number of benzene rings is 5. The topological polar surface area (TPSA) is 22.3 Å². The van der Waals surface area contributed by atoms with Crippen LogP contribution in [0.4, 0.5) is 87.8 Å². The Hall–Kier alpha value is -6.01. The molecule has 61 heavy (non-hydrogen) atoms. The third-order valence-corrected chi connectivity index (χ3v) is 10.0. The Morgan fingerprint density at radius 3 is 0.984 bits per heavy atom. The summed E-state index contributed by atoms with van der Waals surface area (Å²) in [5.41, 5.74) is -11.0. The zero-order valence-corrected chi connectivity index (χ0v) is 29.7. The van der Waals surface area contributed by atoms with E-state index in [2.05, 4.69) is 16.7 Å². The van der Waals surface area contributed by atoms with Crippen LogP contribution in [0.1, 0.15) is 5.56 Å². The maximum Gasteiger partial charge on any atom is 0.424 e. The molecule has 0 amide bonds. The summed E-state index contributed by atoms with van der Waals surface area (Å²) in [6, 6.07) is 10.3. The highest BCUT2D eigenvalue weighted by Gasteiger charge is 2.52. The van der Waals surface area contributed by atoms with Crippen LogP contribution in [0.3, 0.4) is 0 Å². The van der Waals surface area contributed by atoms with Gasteiger partial charge in [-0.3, -0.25) is 0 Å². The van der Waals surface area contributed by atoms with Crippen LogP contribution in [-0.4, -0.2) is 19.4 Å². The van der Waals surface area contributed by atoms with Gasteiger partial charge in [-0.25, -0.2) is 87.8 Å². The lowest BCUT2D eigenvalue weighted by molar-refractivity contribution is -0.689. The lowest BCUT2D eigenvalue weighted by Gasteiger charge is -2.44. The minimum atomic E-state index is -7.22. The average Bonchev–Trinajstić information content (AvgIpc) is 3.66. The molecule has 6 aromatic rings. The normalized spacial score (nSPS) is 12.5. The van der Waals surface area contributed by atoms with Crippen molar-refractivity contribution in [2.75, 3.05) is 13.2 Å². The van der Waals surface area contributed by atoms with E-state index in [1.165, 1.54) is 5.56 Å². The van der Waals surface area contributed by atoms with Gasteiger partial charge in [0.1, 0.15) is 65.9 Å². The lowest BCUT2D eigenvalue weighted by Crippen LogP contribution is -2.81. The number of thiazole rings is 1. The summed E-state index contributed by atoms with van der Waals surface area (Å²) in [5.74, 6) is -70.5. The molecule has 2 heterocycles. The molecule has 0 unspecified atom stereocenters. The third-order valence-electron chi connectivity index (χ3n) is 9.18. The van der Waals surface area contributed by atoms with Crippen LogP contribution in [0.15, 0.2) is 35.8 Å². The molecule has 0 saturated heterocycles. The van der Waals surface area contributed by atoms with Crippen LogP contribution < -0.4 is 35.9 Å². The number of fused-ring (bicyclic) bond motifs is 1. The fourth-order valence-corrected chi connectivity index (χ4v) is 7.42. The molecule has 1 aromatic heterocycles. The highest BCUT2D eigenvalue weighted by atomic mass is 32.1. The number of hydrogen-bond acceptors (Lipinski definition) is 3. The lowest BCUT2D eigenvalue weighted by atomic mass is 9.12. The molecule has 0 spiro atoms. The zero-order chi connectivity index (χ0) is 45.2. The van der Waals surface area contributed by atoms with Crippen molar-refractivity contribution < 1.29 is 102 Å². The van der Waals surface area contributed by atoms with Gasteiger partial charge >= 0.3 is 5.88 Å². The summed E-state index contributed by atoms with van der Waals surface area (Å²) in [7, 11) is 0. The molecule has 0 atom stereocenters. The highest BCUT2D eigenvalue weighted by molar-refractivity contribution is 7.20. The molecule has 322 valence electrons. The monoisotopic (exact) mass is 913 g/mol. The summed E-state index contributed by atoms with van der Waals surface area (Å²) in [5, 5.41) is 0.891. The predicted octanol–water partition coefficient (Wildman–Crippen LogP) is 7.70. The standard InChI is InChI=1S/C24BF20.C12H12NO2S/c26-5-1(6(27)14(35)21(42)13(5)34)25(2-7(28)15(36)22(43)16(37)8(2)29,3-9(30)17(38)23(44)18(39)10(3)31)4-11(32)19(40)24(45)20(41)12(4)33;1-2-4-10(5-3-1)8-13-9-16-12-11(13)14-6-7-15-12/h;1-5,9H,6-8H2/q-1;+1. The second-order valence-corrected chi connectivity index (χ2v) is 13.2. The molecule has 0 saturated carbocycles. The Balaban J connectivity index is 0.000000321. The molecule has 0 bridgehead atoms. The van der Waals surface area contributed by atoms with Crippen molar-refractivity contribution in [1.82, 2.24) is 0 Å². The van der Waals surface area contributed by atoms with Crippen molar-refractivity contribution in [3.05, 3.63) is 158 Å². The Kier molecular flexibility index (Phi) is 12.0. The van der Waals surface area contributed by atoms with E-state index < -0.39 is 144 Å². The molecular weight excluding hydrogens is 901 g/mol. The largest absolute Gasteiger partial charge is 0.473 e. The van der Waals surface area contributed by atoms with E-state index in [0.717, 1.165) is 17.5 Å². The van der Waals surface area contributed by atoms with Crippen molar-refractivity contribution in [2.24, 2.45) is 0 Å². The van der Waals surface area contributed by atoms with Gasteiger partial charge < -0.3 is 9.47 Å². The molecule has 0 fully saturated rings. The Morgan fingerprint density at radius 2 is 0.672 bits per heavy atom. The summed E-state index contributed by atoms with van der Waals surface area (Å²) in [6.45, 7) is 2.12. The SMILES string of the molecule is Fc1c(F)c(F)c([B-](c2c(F)c(F)c(F)c(F)c2F)(c2c(F)c(F)c(F)c(F)c2F)c2c(F)c(F)c(F)c(F)c2F)c(F)c1F.c1ccc(C[n+]2csc3c2OCCO3)cc1. The van der Waals surface area contributed by atoms with Gasteiger partial charge in [0.05, 0.1) is 0 Å². The molecule has 0 N–H and O–H groups in total. The van der Waals surface area contributed by atoms with E-state index in [9.17, 15) is 52.7 Å². The average molecular weight is 913 g/mol. The van der Waals surface area contributed by atoms with E-state index >= 15 is 35.1 Å². The van der Waals surface area contributed by atoms with Crippen LogP contribution in [0.5, 0.6) is 10.9 Å². The first-order valence-corrected chi connectivity index (χ1v) is 17.1. The van der Waals surface area contributed by atoms with Gasteiger partial charge in [0, 0.05) is 5.56 Å². The first-order valence-electron chi connectivity index (χ1n) is 16.2. The fourth-order valence-electron chi connectivity index (χ4n) is 6.60. The minimum Gasteiger partial charge on any atom is -0.473 e. The molecule has 7 rings (SSSR count). The van der Waals surface area contributed by atoms with Crippen molar-refractivity contribution >= 4 is 39.3 Å². The van der Waals surface area contributed by atoms with Gasteiger partial charge in [-0.15, -0.1) is 26.4 Å². The fraction of sp³-hybridized carbons (Fsp3) is 0.0833. The molecule has 1 aliphatic rings. The second kappa shape index (κ2) is 16.5. The van der Waals surface area contributed by atoms with Crippen molar-refractivity contribution in [3.8, 4) is 10.9 Å². The zero-order valence-electron chi connectivity index (χ0n) is 28.9. The van der Waals surface area contributed by atoms with Gasteiger partial charge in [-0.2, -0.15) is 0 Å². The maximum atomic E-state index is 15.4. The number of nitrogens with zero attached hydrogens (tertiary/aromatic N) is 1. The van der Waals surface area contributed by atoms with E-state index in [0.29, 0.717) is 13.2 Å². The van der Waals surface area contributed by atoms with Crippen molar-refractivity contribution in [3.63, 3.8) is 0 Å². The van der Waals surface area contributed by atoms with E-state index in [1.807, 2.05) is 23.7 Å². The highest BCUT2D eigenvalue weighted by Crippen LogP contribution is 2.33. The summed E-state index contributed by atoms with van der Waals surface area (Å²) >= 11 is 1.59. The summed E-state index contributed by atoms with van der Waals surface area (Å²) in [4.78, 5) is 0. The first-order chi connectivity index (χ1) is 28.6. The number of rotatable bonds is 6. The number of aromatic nitrogens is 1. The molecule has 0 radical (unpaired) electrons. The quantitative estimate of drug-likeness (QED) is 0.0563. The van der Waals surface area contributed by atoms with Crippen LogP contribution in [0, 0.1) is 116 Å². The summed E-state index contributed by atoms with van der Waals surface area (Å²) < 4.78 is 307. The Labute approximate surface area is 329 Å². The minimum absolute atomic E-state index is 0.637. The Bertz CT molecular complexity index is 2370. The van der Waals surface area contributed by atoms with Gasteiger partial charge in [-0.1, -0.05) is 30.3 Å². The van der Waals surface area contributed by atoms with Crippen LogP contribution in [0.25, 0.3) is 0 Å². The second-order valence-electron chi connectivity index (χ2n) is 12.4. The van der Waals surface area contributed by atoms with Crippen LogP contribution in [0.2, 0.25) is 0 Å². The number of halogens is 20. The number of hydrogen-bond donors (Lipinski definition) is 0. The summed E-state index contributed by atoms with van der Waals surface area (Å²) in [6.07, 6.45) is -7.22. The molecule has 1 aliphatic heterocycles. The van der Waals surface area contributed by atoms with Crippen LogP contribution >= 0.6 is 11.3 Å². The third kappa shape index (κ3) is 6.85. The van der Waals surface area contributed by atoms with E-state index in [4.69, 9.17) is 9.47 Å². The van der Waals surface area contributed by atoms with Crippen molar-refractivity contribution in [1.29, 1.82) is 0 Å². The number of ether oxygens (including phenoxy) is 2. The van der Waals surface area contributed by atoms with E-state index in [-0.39, 0.29) is 0 Å². The van der Waals surface area contributed by atoms with Gasteiger partial charge in [-0.05, 0) is 11.3 Å². The van der Waals surface area contributed by atoms with Gasteiger partial charge in [0.15, 0.2) is 76.4 Å². The Morgan fingerprint density at radius 1 is 0.393 bits per heavy atom. The molecule has 25 heteroatoms.